The van der Waals surface area contributed by atoms with Crippen molar-refractivity contribution >= 4 is 17.4 Å². The molecule has 0 amide bonds. The van der Waals surface area contributed by atoms with Crippen LogP contribution in [-0.4, -0.2) is 5.78 Å². The highest BCUT2D eigenvalue weighted by Crippen LogP contribution is 2.33. The van der Waals surface area contributed by atoms with Gasteiger partial charge in [0.25, 0.3) is 0 Å². The number of Topliss-reactive ketones (excluding diaryl/α,β-unsaturated/α-hetero) is 1. The highest BCUT2D eigenvalue weighted by atomic mass is 35.5. The first kappa shape index (κ1) is 11.6. The summed E-state index contributed by atoms with van der Waals surface area (Å²) < 4.78 is 0. The first-order chi connectivity index (χ1) is 7.52. The van der Waals surface area contributed by atoms with Crippen molar-refractivity contribution < 1.29 is 4.79 Å². The van der Waals surface area contributed by atoms with Crippen molar-refractivity contribution in [2.75, 3.05) is 0 Å². The molecule has 1 aliphatic rings. The molecule has 1 aromatic rings. The quantitative estimate of drug-likeness (QED) is 0.816. The average Bonchev–Trinajstić information content (AvgIpc) is 2.21. The third-order valence-electron chi connectivity index (χ3n) is 3.28. The molecule has 1 unspecified atom stereocenters. The molecule has 3 heteroatoms. The van der Waals surface area contributed by atoms with Gasteiger partial charge in [0, 0.05) is 11.4 Å². The van der Waals surface area contributed by atoms with Crippen LogP contribution in [0.25, 0.3) is 0 Å². The molecule has 0 bridgehead atoms. The van der Waals surface area contributed by atoms with Gasteiger partial charge in [0.1, 0.15) is 5.54 Å². The molecular weight excluding hydrogens is 222 g/mol. The Kier molecular flexibility index (Phi) is 3.04. The largest absolute Gasteiger partial charge is 0.315 e. The number of ketones is 1. The zero-order valence-corrected chi connectivity index (χ0v) is 10.2. The van der Waals surface area contributed by atoms with Crippen molar-refractivity contribution in [3.8, 4) is 0 Å². The lowest BCUT2D eigenvalue weighted by Crippen LogP contribution is -2.46. The van der Waals surface area contributed by atoms with Gasteiger partial charge in [-0.1, -0.05) is 24.1 Å². The lowest BCUT2D eigenvalue weighted by Gasteiger charge is -2.32. The van der Waals surface area contributed by atoms with Gasteiger partial charge in [-0.2, -0.15) is 0 Å². The Hall–Kier alpha value is -0.860. The summed E-state index contributed by atoms with van der Waals surface area (Å²) in [6.07, 6.45) is 3.28. The maximum absolute atomic E-state index is 12.0. The summed E-state index contributed by atoms with van der Waals surface area (Å²) in [5, 5.41) is 0.651. The SMILES string of the molecule is Cc1cc(Cl)cc(C2(N)CCCCC2=O)c1. The molecule has 0 saturated heterocycles. The van der Waals surface area contributed by atoms with E-state index in [1.54, 1.807) is 0 Å². The molecule has 0 aromatic heterocycles. The molecule has 1 aromatic carbocycles. The molecule has 1 fully saturated rings. The second-order valence-electron chi connectivity index (χ2n) is 4.62. The van der Waals surface area contributed by atoms with E-state index in [1.807, 2.05) is 25.1 Å². The van der Waals surface area contributed by atoms with Crippen LogP contribution in [0.2, 0.25) is 5.02 Å². The second-order valence-corrected chi connectivity index (χ2v) is 5.06. The monoisotopic (exact) mass is 237 g/mol. The van der Waals surface area contributed by atoms with Gasteiger partial charge in [0.15, 0.2) is 5.78 Å². The van der Waals surface area contributed by atoms with E-state index < -0.39 is 5.54 Å². The third kappa shape index (κ3) is 2.00. The number of hydrogen-bond acceptors (Lipinski definition) is 2. The molecule has 0 radical (unpaired) electrons. The zero-order valence-electron chi connectivity index (χ0n) is 9.42. The Morgan fingerprint density at radius 1 is 1.31 bits per heavy atom. The maximum Gasteiger partial charge on any atom is 0.157 e. The summed E-state index contributed by atoms with van der Waals surface area (Å²) in [5.74, 6) is 0.139. The standard InChI is InChI=1S/C13H16ClNO/c1-9-6-10(8-11(14)7-9)13(15)5-3-2-4-12(13)16/h6-8H,2-5,15H2,1H3. The van der Waals surface area contributed by atoms with Crippen LogP contribution in [0.3, 0.4) is 0 Å². The molecule has 1 aliphatic carbocycles. The lowest BCUT2D eigenvalue weighted by atomic mass is 9.76. The van der Waals surface area contributed by atoms with E-state index in [2.05, 4.69) is 0 Å². The number of halogens is 1. The normalized spacial score (nSPS) is 25.8. The molecule has 1 saturated carbocycles. The smallest absolute Gasteiger partial charge is 0.157 e. The van der Waals surface area contributed by atoms with E-state index in [0.29, 0.717) is 11.4 Å². The van der Waals surface area contributed by atoms with Crippen molar-refractivity contribution in [2.45, 2.75) is 38.1 Å². The summed E-state index contributed by atoms with van der Waals surface area (Å²) >= 11 is 6.01. The van der Waals surface area contributed by atoms with E-state index in [9.17, 15) is 4.79 Å². The number of carbonyl (C=O) groups is 1. The highest BCUT2D eigenvalue weighted by molar-refractivity contribution is 6.30. The summed E-state index contributed by atoms with van der Waals surface area (Å²) in [4.78, 5) is 12.0. The Bertz CT molecular complexity index is 410. The summed E-state index contributed by atoms with van der Waals surface area (Å²) in [7, 11) is 0. The van der Waals surface area contributed by atoms with Crippen molar-refractivity contribution in [2.24, 2.45) is 5.73 Å². The van der Waals surface area contributed by atoms with Crippen molar-refractivity contribution in [3.63, 3.8) is 0 Å². The maximum atomic E-state index is 12.0. The van der Waals surface area contributed by atoms with Crippen LogP contribution in [0.1, 0.15) is 36.8 Å². The molecule has 0 heterocycles. The predicted octanol–water partition coefficient (Wildman–Crippen LogP) is 2.95. The van der Waals surface area contributed by atoms with Gasteiger partial charge in [-0.15, -0.1) is 0 Å². The molecule has 86 valence electrons. The molecule has 0 aliphatic heterocycles. The van der Waals surface area contributed by atoms with E-state index >= 15 is 0 Å². The highest BCUT2D eigenvalue weighted by Gasteiger charge is 2.37. The van der Waals surface area contributed by atoms with Gasteiger partial charge < -0.3 is 5.73 Å². The number of benzene rings is 1. The Balaban J connectivity index is 2.44. The van der Waals surface area contributed by atoms with Crippen LogP contribution >= 0.6 is 11.6 Å². The number of carbonyl (C=O) groups excluding carboxylic acids is 1. The van der Waals surface area contributed by atoms with Crippen LogP contribution in [0, 0.1) is 6.92 Å². The van der Waals surface area contributed by atoms with E-state index in [-0.39, 0.29) is 5.78 Å². The fraction of sp³-hybridized carbons (Fsp3) is 0.462. The topological polar surface area (TPSA) is 43.1 Å². The molecule has 2 nitrogen and oxygen atoms in total. The van der Waals surface area contributed by atoms with Gasteiger partial charge >= 0.3 is 0 Å². The van der Waals surface area contributed by atoms with Crippen LogP contribution in [0.4, 0.5) is 0 Å². The fourth-order valence-electron chi connectivity index (χ4n) is 2.35. The fourth-order valence-corrected chi connectivity index (χ4v) is 2.64. The number of hydrogen-bond donors (Lipinski definition) is 1. The minimum Gasteiger partial charge on any atom is -0.315 e. The third-order valence-corrected chi connectivity index (χ3v) is 3.50. The Labute approximate surface area is 101 Å². The number of nitrogens with two attached hydrogens (primary N) is 1. The van der Waals surface area contributed by atoms with Gasteiger partial charge in [-0.3, -0.25) is 4.79 Å². The molecule has 0 spiro atoms. The van der Waals surface area contributed by atoms with Crippen LogP contribution < -0.4 is 5.73 Å². The Morgan fingerprint density at radius 3 is 2.69 bits per heavy atom. The van der Waals surface area contributed by atoms with Gasteiger partial charge in [0.05, 0.1) is 0 Å². The number of aryl methyl sites for hydroxylation is 1. The lowest BCUT2D eigenvalue weighted by molar-refractivity contribution is -0.126. The number of rotatable bonds is 1. The van der Waals surface area contributed by atoms with Crippen LogP contribution in [-0.2, 0) is 10.3 Å². The molecule has 2 rings (SSSR count). The minimum absolute atomic E-state index is 0.139. The van der Waals surface area contributed by atoms with Gasteiger partial charge in [-0.05, 0) is 43.0 Å². The first-order valence-electron chi connectivity index (χ1n) is 5.62. The molecule has 16 heavy (non-hydrogen) atoms. The summed E-state index contributed by atoms with van der Waals surface area (Å²) in [5.41, 5.74) is 7.35. The minimum atomic E-state index is -0.812. The molecule has 1 atom stereocenters. The Morgan fingerprint density at radius 2 is 2.06 bits per heavy atom. The van der Waals surface area contributed by atoms with Crippen molar-refractivity contribution in [3.05, 3.63) is 34.3 Å². The molecular formula is C13H16ClNO. The van der Waals surface area contributed by atoms with Gasteiger partial charge in [-0.25, -0.2) is 0 Å². The van der Waals surface area contributed by atoms with E-state index in [1.165, 1.54) is 0 Å². The molecule has 2 N–H and O–H groups in total. The summed E-state index contributed by atoms with van der Waals surface area (Å²) in [6, 6.07) is 5.66. The summed E-state index contributed by atoms with van der Waals surface area (Å²) in [6.45, 7) is 1.96. The van der Waals surface area contributed by atoms with Crippen molar-refractivity contribution in [1.82, 2.24) is 0 Å². The van der Waals surface area contributed by atoms with Gasteiger partial charge in [0.2, 0.25) is 0 Å². The zero-order chi connectivity index (χ0) is 11.8. The van der Waals surface area contributed by atoms with Crippen LogP contribution in [0.15, 0.2) is 18.2 Å². The predicted molar refractivity (Wildman–Crippen MR) is 65.5 cm³/mol. The van der Waals surface area contributed by atoms with Crippen molar-refractivity contribution in [1.29, 1.82) is 0 Å². The first-order valence-corrected chi connectivity index (χ1v) is 6.00. The average molecular weight is 238 g/mol. The second kappa shape index (κ2) is 4.19. The van der Waals surface area contributed by atoms with Crippen LogP contribution in [0.5, 0.6) is 0 Å². The van der Waals surface area contributed by atoms with E-state index in [0.717, 1.165) is 30.4 Å². The van der Waals surface area contributed by atoms with E-state index in [4.69, 9.17) is 17.3 Å².